The quantitative estimate of drug-likeness (QED) is 0.898. The molecular weight excluding hydrogens is 312 g/mol. The van der Waals surface area contributed by atoms with Gasteiger partial charge in [-0.25, -0.2) is 0 Å². The van der Waals surface area contributed by atoms with Gasteiger partial charge in [0.25, 0.3) is 0 Å². The monoisotopic (exact) mass is 336 g/mol. The molecular formula is C18H25ClN2O2. The second-order valence-corrected chi connectivity index (χ2v) is 7.12. The fourth-order valence-electron chi connectivity index (χ4n) is 3.46. The fourth-order valence-corrected chi connectivity index (χ4v) is 3.68. The van der Waals surface area contributed by atoms with Crippen LogP contribution in [0.5, 0.6) is 0 Å². The summed E-state index contributed by atoms with van der Waals surface area (Å²) in [5, 5.41) is 3.85. The van der Waals surface area contributed by atoms with Crippen LogP contribution in [0.1, 0.15) is 24.8 Å². The standard InChI is InChI=1S/C18H25ClN2O2/c19-16-3-1-2-14(10-16)11-18(22)20-17-4-7-21(8-5-17)12-15-6-9-23-13-15/h1-3,10,15,17H,4-9,11-13H2,(H,20,22)/t15-/m0/s1. The number of nitrogens with one attached hydrogen (secondary N) is 1. The summed E-state index contributed by atoms with van der Waals surface area (Å²) < 4.78 is 5.44. The van der Waals surface area contributed by atoms with E-state index in [1.165, 1.54) is 6.42 Å². The van der Waals surface area contributed by atoms with E-state index in [-0.39, 0.29) is 5.91 Å². The highest BCUT2D eigenvalue weighted by Gasteiger charge is 2.24. The molecule has 1 amide bonds. The molecule has 0 saturated carbocycles. The summed E-state index contributed by atoms with van der Waals surface area (Å²) in [6.07, 6.45) is 3.67. The zero-order valence-corrected chi connectivity index (χ0v) is 14.2. The SMILES string of the molecule is O=C(Cc1cccc(Cl)c1)NC1CCN(C[C@@H]2CCOC2)CC1. The first-order chi connectivity index (χ1) is 11.2. The van der Waals surface area contributed by atoms with Crippen molar-refractivity contribution in [1.29, 1.82) is 0 Å². The normalized spacial score (nSPS) is 23.1. The molecule has 0 radical (unpaired) electrons. The molecule has 0 aromatic heterocycles. The highest BCUT2D eigenvalue weighted by molar-refractivity contribution is 6.30. The molecule has 1 atom stereocenters. The predicted molar refractivity (Wildman–Crippen MR) is 91.7 cm³/mol. The number of carbonyl (C=O) groups is 1. The van der Waals surface area contributed by atoms with Crippen LogP contribution in [-0.2, 0) is 16.0 Å². The van der Waals surface area contributed by atoms with E-state index in [4.69, 9.17) is 16.3 Å². The second kappa shape index (κ2) is 8.13. The Morgan fingerprint density at radius 2 is 2.13 bits per heavy atom. The van der Waals surface area contributed by atoms with Crippen LogP contribution in [-0.4, -0.2) is 49.7 Å². The molecule has 2 heterocycles. The molecule has 2 fully saturated rings. The predicted octanol–water partition coefficient (Wildman–Crippen LogP) is 2.50. The molecule has 126 valence electrons. The van der Waals surface area contributed by atoms with Crippen LogP contribution in [0.25, 0.3) is 0 Å². The van der Waals surface area contributed by atoms with Gasteiger partial charge in [-0.3, -0.25) is 4.79 Å². The molecule has 0 aliphatic carbocycles. The van der Waals surface area contributed by atoms with Crippen LogP contribution in [0.4, 0.5) is 0 Å². The van der Waals surface area contributed by atoms with Crippen LogP contribution in [0.3, 0.4) is 0 Å². The van der Waals surface area contributed by atoms with Gasteiger partial charge in [-0.2, -0.15) is 0 Å². The lowest BCUT2D eigenvalue weighted by atomic mass is 10.0. The van der Waals surface area contributed by atoms with Crippen molar-refractivity contribution in [2.75, 3.05) is 32.8 Å². The van der Waals surface area contributed by atoms with Crippen molar-refractivity contribution in [2.24, 2.45) is 5.92 Å². The van der Waals surface area contributed by atoms with Crippen molar-refractivity contribution in [3.63, 3.8) is 0 Å². The second-order valence-electron chi connectivity index (χ2n) is 6.68. The van der Waals surface area contributed by atoms with Gasteiger partial charge < -0.3 is 15.0 Å². The third-order valence-electron chi connectivity index (χ3n) is 4.75. The minimum absolute atomic E-state index is 0.0925. The van der Waals surface area contributed by atoms with E-state index in [1.54, 1.807) is 0 Å². The van der Waals surface area contributed by atoms with Crippen molar-refractivity contribution < 1.29 is 9.53 Å². The van der Waals surface area contributed by atoms with Crippen molar-refractivity contribution >= 4 is 17.5 Å². The summed E-state index contributed by atoms with van der Waals surface area (Å²) in [6, 6.07) is 7.81. The molecule has 1 aromatic carbocycles. The van der Waals surface area contributed by atoms with E-state index in [2.05, 4.69) is 10.2 Å². The van der Waals surface area contributed by atoms with Crippen LogP contribution in [0.15, 0.2) is 24.3 Å². The summed E-state index contributed by atoms with van der Waals surface area (Å²) in [7, 11) is 0. The van der Waals surface area contributed by atoms with E-state index < -0.39 is 0 Å². The third-order valence-corrected chi connectivity index (χ3v) is 4.98. The number of amides is 1. The van der Waals surface area contributed by atoms with Crippen LogP contribution < -0.4 is 5.32 Å². The summed E-state index contributed by atoms with van der Waals surface area (Å²) in [6.45, 7) is 5.11. The molecule has 5 heteroatoms. The molecule has 23 heavy (non-hydrogen) atoms. The Morgan fingerprint density at radius 1 is 1.30 bits per heavy atom. The first-order valence-corrected chi connectivity index (χ1v) is 8.91. The summed E-state index contributed by atoms with van der Waals surface area (Å²) in [5.74, 6) is 0.791. The van der Waals surface area contributed by atoms with Gasteiger partial charge in [0.2, 0.25) is 5.91 Å². The van der Waals surface area contributed by atoms with Gasteiger partial charge in [0.1, 0.15) is 0 Å². The first-order valence-electron chi connectivity index (χ1n) is 8.53. The minimum atomic E-state index is 0.0925. The summed E-state index contributed by atoms with van der Waals surface area (Å²) in [5.41, 5.74) is 0.966. The zero-order valence-electron chi connectivity index (χ0n) is 13.5. The average Bonchev–Trinajstić information content (AvgIpc) is 3.02. The number of carbonyl (C=O) groups excluding carboxylic acids is 1. The van der Waals surface area contributed by atoms with Gasteiger partial charge in [0.05, 0.1) is 13.0 Å². The Kier molecular flexibility index (Phi) is 5.92. The number of likely N-dealkylation sites (tertiary alicyclic amines) is 1. The summed E-state index contributed by atoms with van der Waals surface area (Å²) >= 11 is 5.96. The maximum absolute atomic E-state index is 12.2. The summed E-state index contributed by atoms with van der Waals surface area (Å²) in [4.78, 5) is 14.7. The van der Waals surface area contributed by atoms with E-state index in [1.807, 2.05) is 24.3 Å². The van der Waals surface area contributed by atoms with Gasteiger partial charge >= 0.3 is 0 Å². The van der Waals surface area contributed by atoms with Crippen molar-refractivity contribution in [2.45, 2.75) is 31.7 Å². The van der Waals surface area contributed by atoms with Gasteiger partial charge in [-0.15, -0.1) is 0 Å². The first kappa shape index (κ1) is 16.7. The molecule has 3 rings (SSSR count). The fraction of sp³-hybridized carbons (Fsp3) is 0.611. The topological polar surface area (TPSA) is 41.6 Å². The lowest BCUT2D eigenvalue weighted by molar-refractivity contribution is -0.121. The highest BCUT2D eigenvalue weighted by Crippen LogP contribution is 2.18. The molecule has 0 unspecified atom stereocenters. The molecule has 0 spiro atoms. The lowest BCUT2D eigenvalue weighted by Crippen LogP contribution is -2.46. The van der Waals surface area contributed by atoms with E-state index in [0.29, 0.717) is 23.4 Å². The molecule has 2 aliphatic rings. The van der Waals surface area contributed by atoms with Crippen molar-refractivity contribution in [1.82, 2.24) is 10.2 Å². The number of nitrogens with zero attached hydrogens (tertiary/aromatic N) is 1. The van der Waals surface area contributed by atoms with Crippen LogP contribution in [0.2, 0.25) is 5.02 Å². The number of rotatable bonds is 5. The molecule has 2 saturated heterocycles. The highest BCUT2D eigenvalue weighted by atomic mass is 35.5. The lowest BCUT2D eigenvalue weighted by Gasteiger charge is -2.33. The Morgan fingerprint density at radius 3 is 2.83 bits per heavy atom. The maximum atomic E-state index is 12.2. The third kappa shape index (κ3) is 5.20. The number of hydrogen-bond acceptors (Lipinski definition) is 3. The van der Waals surface area contributed by atoms with Crippen LogP contribution >= 0.6 is 11.6 Å². The molecule has 2 aliphatic heterocycles. The number of halogens is 1. The Labute approximate surface area is 143 Å². The molecule has 4 nitrogen and oxygen atoms in total. The molecule has 0 bridgehead atoms. The Hall–Kier alpha value is -1.10. The minimum Gasteiger partial charge on any atom is -0.381 e. The number of piperidine rings is 1. The average molecular weight is 337 g/mol. The smallest absolute Gasteiger partial charge is 0.224 e. The van der Waals surface area contributed by atoms with Crippen LogP contribution in [0, 0.1) is 5.92 Å². The number of ether oxygens (including phenoxy) is 1. The maximum Gasteiger partial charge on any atom is 0.224 e. The zero-order chi connectivity index (χ0) is 16.1. The molecule has 1 aromatic rings. The largest absolute Gasteiger partial charge is 0.381 e. The van der Waals surface area contributed by atoms with Crippen molar-refractivity contribution in [3.8, 4) is 0 Å². The molecule has 1 N–H and O–H groups in total. The van der Waals surface area contributed by atoms with Gasteiger partial charge in [0, 0.05) is 37.3 Å². The Balaban J connectivity index is 1.38. The van der Waals surface area contributed by atoms with E-state index >= 15 is 0 Å². The van der Waals surface area contributed by atoms with Gasteiger partial charge in [0.15, 0.2) is 0 Å². The van der Waals surface area contributed by atoms with Crippen molar-refractivity contribution in [3.05, 3.63) is 34.9 Å². The Bertz CT molecular complexity index is 524. The van der Waals surface area contributed by atoms with Gasteiger partial charge in [-0.1, -0.05) is 23.7 Å². The van der Waals surface area contributed by atoms with E-state index in [9.17, 15) is 4.79 Å². The number of hydrogen-bond donors (Lipinski definition) is 1. The number of benzene rings is 1. The van der Waals surface area contributed by atoms with E-state index in [0.717, 1.165) is 51.3 Å². The van der Waals surface area contributed by atoms with Gasteiger partial charge in [-0.05, 0) is 42.9 Å².